The second kappa shape index (κ2) is 8.08. The minimum Gasteiger partial charge on any atom is -0.457 e. The van der Waals surface area contributed by atoms with E-state index in [-0.39, 0.29) is 5.97 Å². The van der Waals surface area contributed by atoms with Crippen molar-refractivity contribution in [3.8, 4) is 0 Å². The second-order valence-corrected chi connectivity index (χ2v) is 8.52. The number of hydrogen-bond acceptors (Lipinski definition) is 4. The number of rotatable bonds is 8. The Morgan fingerprint density at radius 2 is 2.00 bits per heavy atom. The van der Waals surface area contributed by atoms with Crippen LogP contribution in [0.5, 0.6) is 0 Å². The fourth-order valence-corrected chi connectivity index (χ4v) is 4.21. The van der Waals surface area contributed by atoms with Crippen molar-refractivity contribution < 1.29 is 18.8 Å². The quantitative estimate of drug-likeness (QED) is 0.404. The summed E-state index contributed by atoms with van der Waals surface area (Å²) in [5.74, 6) is -0.258. The van der Waals surface area contributed by atoms with E-state index >= 15 is 0 Å². The summed E-state index contributed by atoms with van der Waals surface area (Å²) < 4.78 is 11.3. The number of cyclic esters (lactones) is 1. The fraction of sp³-hybridized carbons (Fsp3) is 0.579. The lowest BCUT2D eigenvalue weighted by Gasteiger charge is -2.25. The third-order valence-electron chi connectivity index (χ3n) is 4.62. The summed E-state index contributed by atoms with van der Waals surface area (Å²) in [6.07, 6.45) is 3.88. The molecule has 1 unspecified atom stereocenters. The first kappa shape index (κ1) is 18.9. The van der Waals surface area contributed by atoms with Crippen molar-refractivity contribution in [1.82, 2.24) is 0 Å². The molecule has 1 aromatic carbocycles. The Bertz CT molecular complexity index is 637. The first-order valence-electron chi connectivity index (χ1n) is 8.72. The van der Waals surface area contributed by atoms with Gasteiger partial charge in [-0.05, 0) is 61.5 Å². The van der Waals surface area contributed by atoms with E-state index in [4.69, 9.17) is 9.16 Å². The van der Waals surface area contributed by atoms with Crippen molar-refractivity contribution in [2.45, 2.75) is 72.3 Å². The lowest BCUT2D eigenvalue weighted by atomic mass is 9.83. The zero-order valence-electron chi connectivity index (χ0n) is 15.3. The zero-order valence-corrected chi connectivity index (χ0v) is 16.3. The van der Waals surface area contributed by atoms with E-state index in [1.807, 2.05) is 20.0 Å². The third kappa shape index (κ3) is 3.47. The molecule has 0 aliphatic carbocycles. The Balaban J connectivity index is 2.73. The van der Waals surface area contributed by atoms with E-state index in [1.54, 1.807) is 0 Å². The Morgan fingerprint density at radius 1 is 1.29 bits per heavy atom. The third-order valence-corrected chi connectivity index (χ3v) is 5.34. The number of carbonyl (C=O) groups is 2. The van der Waals surface area contributed by atoms with Gasteiger partial charge in [-0.1, -0.05) is 20.3 Å². The van der Waals surface area contributed by atoms with Crippen molar-refractivity contribution in [2.75, 3.05) is 0 Å². The van der Waals surface area contributed by atoms with Crippen LogP contribution >= 0.6 is 0 Å². The number of carbonyl (C=O) groups excluding carboxylic acids is 2. The average Bonchev–Trinajstić information content (AvgIpc) is 2.94. The molecular weight excluding hydrogens is 320 g/mol. The molecular formula is C19H27O4Si. The normalized spacial score (nSPS) is 14.7. The molecule has 0 bridgehead atoms. The molecule has 0 spiro atoms. The number of ether oxygens (including phenoxy) is 1. The molecule has 0 saturated carbocycles. The van der Waals surface area contributed by atoms with Crippen LogP contribution in [0.3, 0.4) is 0 Å². The Labute approximate surface area is 146 Å². The van der Waals surface area contributed by atoms with Crippen LogP contribution in [0.2, 0.25) is 13.1 Å². The van der Waals surface area contributed by atoms with Crippen LogP contribution in [-0.4, -0.2) is 21.3 Å². The molecule has 0 saturated heterocycles. The van der Waals surface area contributed by atoms with Gasteiger partial charge >= 0.3 is 5.97 Å². The predicted molar refractivity (Wildman–Crippen MR) is 95.7 cm³/mol. The number of aldehydes is 1. The standard InChI is InChI=1S/C19H27O4Si/c1-6-8-9-14-17(16(10-20)23-24(4)5)13(7-2)12(3)15-11-22-19(21)18(14)15/h10,16H,6-9,11H2,1-5H3. The van der Waals surface area contributed by atoms with E-state index in [1.165, 1.54) is 0 Å². The van der Waals surface area contributed by atoms with Crippen LogP contribution in [0.25, 0.3) is 0 Å². The van der Waals surface area contributed by atoms with Gasteiger partial charge in [-0.3, -0.25) is 0 Å². The van der Waals surface area contributed by atoms with E-state index in [0.717, 1.165) is 59.8 Å². The first-order valence-corrected chi connectivity index (χ1v) is 11.1. The summed E-state index contributed by atoms with van der Waals surface area (Å²) >= 11 is 0. The fourth-order valence-electron chi connectivity index (χ4n) is 3.53. The summed E-state index contributed by atoms with van der Waals surface area (Å²) in [5, 5.41) is 0. The van der Waals surface area contributed by atoms with Gasteiger partial charge in [0.1, 0.15) is 12.7 Å². The van der Waals surface area contributed by atoms with Crippen molar-refractivity contribution in [1.29, 1.82) is 0 Å². The van der Waals surface area contributed by atoms with Crippen LogP contribution in [-0.2, 0) is 33.4 Å². The molecule has 0 N–H and O–H groups in total. The molecule has 1 atom stereocenters. The SMILES string of the molecule is CCCCc1c2c(c(C)c(CC)c1C(C=O)O[Si](C)C)COC2=O. The van der Waals surface area contributed by atoms with Gasteiger partial charge in [0.25, 0.3) is 0 Å². The monoisotopic (exact) mass is 347 g/mol. The lowest BCUT2D eigenvalue weighted by Crippen LogP contribution is -2.21. The lowest BCUT2D eigenvalue weighted by molar-refractivity contribution is -0.114. The van der Waals surface area contributed by atoms with Gasteiger partial charge in [0.05, 0.1) is 5.56 Å². The minimum absolute atomic E-state index is 0.258. The number of unbranched alkanes of at least 4 members (excludes halogenated alkanes) is 1. The molecule has 1 aliphatic rings. The molecule has 4 nitrogen and oxygen atoms in total. The maximum absolute atomic E-state index is 12.3. The molecule has 1 aliphatic heterocycles. The summed E-state index contributed by atoms with van der Waals surface area (Å²) in [5.41, 5.74) is 5.78. The van der Waals surface area contributed by atoms with Crippen LogP contribution in [0, 0.1) is 6.92 Å². The molecule has 2 rings (SSSR count). The van der Waals surface area contributed by atoms with Gasteiger partial charge in [0.15, 0.2) is 6.29 Å². The minimum atomic E-state index is -1.04. The number of hydrogen-bond donors (Lipinski definition) is 0. The van der Waals surface area contributed by atoms with E-state index in [0.29, 0.717) is 12.2 Å². The first-order chi connectivity index (χ1) is 11.5. The van der Waals surface area contributed by atoms with Gasteiger partial charge in [-0.15, -0.1) is 0 Å². The summed E-state index contributed by atoms with van der Waals surface area (Å²) in [4.78, 5) is 24.1. The van der Waals surface area contributed by atoms with Crippen molar-refractivity contribution in [3.05, 3.63) is 33.4 Å². The summed E-state index contributed by atoms with van der Waals surface area (Å²) in [6, 6.07) is 0. The largest absolute Gasteiger partial charge is 0.457 e. The molecule has 1 aromatic rings. The molecule has 24 heavy (non-hydrogen) atoms. The average molecular weight is 348 g/mol. The smallest absolute Gasteiger partial charge is 0.339 e. The topological polar surface area (TPSA) is 52.6 Å². The van der Waals surface area contributed by atoms with Gasteiger partial charge < -0.3 is 14.0 Å². The zero-order chi connectivity index (χ0) is 17.9. The van der Waals surface area contributed by atoms with Crippen molar-refractivity contribution >= 4 is 21.3 Å². The van der Waals surface area contributed by atoms with Gasteiger partial charge in [0.2, 0.25) is 9.04 Å². The van der Waals surface area contributed by atoms with Crippen LogP contribution in [0.4, 0.5) is 0 Å². The molecule has 1 heterocycles. The number of fused-ring (bicyclic) bond motifs is 1. The highest BCUT2D eigenvalue weighted by atomic mass is 28.3. The predicted octanol–water partition coefficient (Wildman–Crippen LogP) is 4.08. The van der Waals surface area contributed by atoms with Gasteiger partial charge in [-0.25, -0.2) is 4.79 Å². The molecule has 0 aromatic heterocycles. The van der Waals surface area contributed by atoms with E-state index in [2.05, 4.69) is 13.8 Å². The van der Waals surface area contributed by atoms with Crippen molar-refractivity contribution in [2.24, 2.45) is 0 Å². The number of esters is 1. The van der Waals surface area contributed by atoms with Gasteiger partial charge in [0, 0.05) is 5.56 Å². The molecule has 131 valence electrons. The highest BCUT2D eigenvalue weighted by molar-refractivity contribution is 6.48. The molecule has 0 fully saturated rings. The van der Waals surface area contributed by atoms with Crippen LogP contribution < -0.4 is 0 Å². The Kier molecular flexibility index (Phi) is 6.35. The van der Waals surface area contributed by atoms with Crippen molar-refractivity contribution in [3.63, 3.8) is 0 Å². The molecule has 1 radical (unpaired) electrons. The van der Waals surface area contributed by atoms with Crippen LogP contribution in [0.15, 0.2) is 0 Å². The summed E-state index contributed by atoms with van der Waals surface area (Å²) in [7, 11) is -1.04. The Morgan fingerprint density at radius 3 is 2.54 bits per heavy atom. The maximum Gasteiger partial charge on any atom is 0.339 e. The highest BCUT2D eigenvalue weighted by Crippen LogP contribution is 2.38. The molecule has 0 amide bonds. The Hall–Kier alpha value is -1.46. The summed E-state index contributed by atoms with van der Waals surface area (Å²) in [6.45, 7) is 10.6. The van der Waals surface area contributed by atoms with E-state index in [9.17, 15) is 9.59 Å². The number of benzene rings is 1. The van der Waals surface area contributed by atoms with Crippen LogP contribution in [0.1, 0.15) is 71.0 Å². The van der Waals surface area contributed by atoms with Gasteiger partial charge in [-0.2, -0.15) is 0 Å². The highest BCUT2D eigenvalue weighted by Gasteiger charge is 2.33. The second-order valence-electron chi connectivity index (χ2n) is 6.47. The maximum atomic E-state index is 12.3. The molecule has 5 heteroatoms. The van der Waals surface area contributed by atoms with E-state index < -0.39 is 15.1 Å².